The summed E-state index contributed by atoms with van der Waals surface area (Å²) >= 11 is 5.71. The molecule has 90 valence electrons. The summed E-state index contributed by atoms with van der Waals surface area (Å²) in [6, 6.07) is 3.77. The minimum absolute atomic E-state index is 0.0578. The predicted molar refractivity (Wildman–Crippen MR) is 57.0 cm³/mol. The van der Waals surface area contributed by atoms with Crippen molar-refractivity contribution in [3.05, 3.63) is 29.0 Å². The van der Waals surface area contributed by atoms with Crippen molar-refractivity contribution < 1.29 is 18.0 Å². The first-order valence-corrected chi connectivity index (χ1v) is 5.01. The molecule has 0 atom stereocenters. The van der Waals surface area contributed by atoms with Crippen LogP contribution in [0.5, 0.6) is 0 Å². The van der Waals surface area contributed by atoms with Crippen molar-refractivity contribution in [2.24, 2.45) is 5.10 Å². The van der Waals surface area contributed by atoms with Crippen LogP contribution in [0.2, 0.25) is 5.02 Å². The molecular weight excluding hydrogens is 257 g/mol. The molecule has 0 fully saturated rings. The number of para-hydroxylation sites is 1. The monoisotopic (exact) mass is 262 g/mol. The summed E-state index contributed by atoms with van der Waals surface area (Å²) in [4.78, 5) is 11.4. The highest BCUT2D eigenvalue weighted by Crippen LogP contribution is 2.32. The Bertz CT molecular complexity index is 484. The van der Waals surface area contributed by atoms with E-state index >= 15 is 0 Å². The van der Waals surface area contributed by atoms with Gasteiger partial charge in [0.05, 0.1) is 11.4 Å². The van der Waals surface area contributed by atoms with Gasteiger partial charge in [-0.2, -0.15) is 10.1 Å². The van der Waals surface area contributed by atoms with Crippen LogP contribution in [0.3, 0.4) is 0 Å². The Hall–Kier alpha value is -1.56. The van der Waals surface area contributed by atoms with Gasteiger partial charge in [-0.25, -0.2) is 13.2 Å². The Kier molecular flexibility index (Phi) is 3.06. The summed E-state index contributed by atoms with van der Waals surface area (Å²) in [5.74, 6) is -1.52. The minimum atomic E-state index is -2.84. The molecule has 0 spiro atoms. The first-order valence-electron chi connectivity index (χ1n) is 4.63. The van der Waals surface area contributed by atoms with Gasteiger partial charge in [-0.3, -0.25) is 4.79 Å². The second-order valence-corrected chi connectivity index (χ2v) is 3.75. The Morgan fingerprint density at radius 2 is 2.12 bits per heavy atom. The molecule has 1 aromatic rings. The predicted octanol–water partition coefficient (Wildman–Crippen LogP) is 2.84. The Morgan fingerprint density at radius 3 is 2.65 bits per heavy atom. The van der Waals surface area contributed by atoms with Gasteiger partial charge in [0.15, 0.2) is 5.82 Å². The second kappa shape index (κ2) is 4.37. The molecule has 3 nitrogen and oxygen atoms in total. The number of hydrazone groups is 1. The Morgan fingerprint density at radius 1 is 1.41 bits per heavy atom. The Labute approximate surface area is 99.5 Å². The van der Waals surface area contributed by atoms with Crippen molar-refractivity contribution in [3.63, 3.8) is 0 Å². The summed E-state index contributed by atoms with van der Waals surface area (Å²) in [6.45, 7) is 0. The van der Waals surface area contributed by atoms with Crippen molar-refractivity contribution in [2.45, 2.75) is 12.8 Å². The first-order chi connectivity index (χ1) is 8.00. The van der Waals surface area contributed by atoms with Gasteiger partial charge in [0.1, 0.15) is 11.4 Å². The lowest BCUT2D eigenvalue weighted by Gasteiger charge is -2.13. The number of nitrogens with zero attached hydrogens (tertiary/aromatic N) is 2. The molecule has 1 amide bonds. The van der Waals surface area contributed by atoms with Gasteiger partial charge < -0.3 is 0 Å². The average Bonchev–Trinajstić information content (AvgIpc) is 2.61. The molecule has 0 radical (unpaired) electrons. The van der Waals surface area contributed by atoms with Gasteiger partial charge in [0.25, 0.3) is 12.3 Å². The summed E-state index contributed by atoms with van der Waals surface area (Å²) in [5, 5.41) is 3.91. The third-order valence-electron chi connectivity index (χ3n) is 2.20. The SMILES string of the molecule is O=C1CC(C(F)F)=NN1c1c(F)cccc1Cl. The second-order valence-electron chi connectivity index (χ2n) is 3.34. The largest absolute Gasteiger partial charge is 0.278 e. The van der Waals surface area contributed by atoms with E-state index in [1.165, 1.54) is 12.1 Å². The summed E-state index contributed by atoms with van der Waals surface area (Å²) in [7, 11) is 0. The minimum Gasteiger partial charge on any atom is -0.272 e. The van der Waals surface area contributed by atoms with Gasteiger partial charge in [0, 0.05) is 0 Å². The zero-order chi connectivity index (χ0) is 12.6. The number of rotatable bonds is 2. The van der Waals surface area contributed by atoms with Gasteiger partial charge in [0.2, 0.25) is 0 Å². The molecule has 1 heterocycles. The van der Waals surface area contributed by atoms with Gasteiger partial charge >= 0.3 is 0 Å². The van der Waals surface area contributed by atoms with Crippen molar-refractivity contribution >= 4 is 28.9 Å². The van der Waals surface area contributed by atoms with Crippen LogP contribution < -0.4 is 5.01 Å². The summed E-state index contributed by atoms with van der Waals surface area (Å²) in [6.07, 6.45) is -3.36. The van der Waals surface area contributed by atoms with Crippen LogP contribution in [0, 0.1) is 5.82 Å². The molecule has 1 aliphatic heterocycles. The van der Waals surface area contributed by atoms with E-state index in [2.05, 4.69) is 5.10 Å². The third kappa shape index (κ3) is 2.12. The molecule has 0 aliphatic carbocycles. The molecule has 7 heteroatoms. The number of carbonyl (C=O) groups excluding carboxylic acids is 1. The van der Waals surface area contributed by atoms with Gasteiger partial charge in [-0.1, -0.05) is 17.7 Å². The van der Waals surface area contributed by atoms with Crippen LogP contribution in [0.25, 0.3) is 0 Å². The molecular formula is C10H6ClF3N2O. The fraction of sp³-hybridized carbons (Fsp3) is 0.200. The molecule has 0 aromatic heterocycles. The Balaban J connectivity index is 2.44. The van der Waals surface area contributed by atoms with Crippen molar-refractivity contribution in [3.8, 4) is 0 Å². The zero-order valence-corrected chi connectivity index (χ0v) is 9.09. The molecule has 1 aliphatic rings. The lowest BCUT2D eigenvalue weighted by Crippen LogP contribution is -2.21. The number of carbonyl (C=O) groups is 1. The van der Waals surface area contributed by atoms with Gasteiger partial charge in [-0.05, 0) is 12.1 Å². The number of hydrogen-bond acceptors (Lipinski definition) is 2. The zero-order valence-electron chi connectivity index (χ0n) is 8.33. The molecule has 0 saturated heterocycles. The maximum Gasteiger partial charge on any atom is 0.278 e. The highest BCUT2D eigenvalue weighted by molar-refractivity contribution is 6.34. The van der Waals surface area contributed by atoms with E-state index < -0.39 is 30.3 Å². The van der Waals surface area contributed by atoms with Crippen LogP contribution in [0.1, 0.15) is 6.42 Å². The number of anilines is 1. The van der Waals surface area contributed by atoms with E-state index in [9.17, 15) is 18.0 Å². The standard InChI is InChI=1S/C10H6ClF3N2O/c11-5-2-1-3-6(12)9(5)16-8(17)4-7(15-16)10(13)14/h1-3,10H,4H2. The molecule has 0 unspecified atom stereocenters. The number of halogens is 4. The quantitative estimate of drug-likeness (QED) is 0.807. The maximum atomic E-state index is 13.5. The average molecular weight is 263 g/mol. The summed E-state index contributed by atoms with van der Waals surface area (Å²) in [5.41, 5.74) is -0.885. The number of hydrogen-bond donors (Lipinski definition) is 0. The highest BCUT2D eigenvalue weighted by Gasteiger charge is 2.32. The normalized spacial score (nSPS) is 15.7. The molecule has 0 saturated carbocycles. The smallest absolute Gasteiger partial charge is 0.272 e. The number of amides is 1. The van der Waals surface area contributed by atoms with E-state index in [-0.39, 0.29) is 10.7 Å². The molecule has 0 bridgehead atoms. The summed E-state index contributed by atoms with van der Waals surface area (Å²) < 4.78 is 38.2. The number of benzene rings is 1. The van der Waals surface area contributed by atoms with Crippen LogP contribution in [0.4, 0.5) is 18.9 Å². The first kappa shape index (κ1) is 11.9. The van der Waals surface area contributed by atoms with Crippen molar-refractivity contribution in [1.29, 1.82) is 0 Å². The van der Waals surface area contributed by atoms with Crippen LogP contribution in [-0.2, 0) is 4.79 Å². The molecule has 1 aromatic carbocycles. The van der Waals surface area contributed by atoms with E-state index in [1.54, 1.807) is 0 Å². The highest BCUT2D eigenvalue weighted by atomic mass is 35.5. The van der Waals surface area contributed by atoms with Crippen LogP contribution in [0.15, 0.2) is 23.3 Å². The maximum absolute atomic E-state index is 13.5. The topological polar surface area (TPSA) is 32.7 Å². The molecule has 0 N–H and O–H groups in total. The lowest BCUT2D eigenvalue weighted by atomic mass is 10.2. The fourth-order valence-corrected chi connectivity index (χ4v) is 1.68. The third-order valence-corrected chi connectivity index (χ3v) is 2.50. The fourth-order valence-electron chi connectivity index (χ4n) is 1.44. The van der Waals surface area contributed by atoms with E-state index in [0.717, 1.165) is 6.07 Å². The van der Waals surface area contributed by atoms with Crippen molar-refractivity contribution in [1.82, 2.24) is 0 Å². The number of alkyl halides is 2. The molecule has 17 heavy (non-hydrogen) atoms. The van der Waals surface area contributed by atoms with Crippen LogP contribution in [-0.4, -0.2) is 18.0 Å². The van der Waals surface area contributed by atoms with E-state index in [1.807, 2.05) is 0 Å². The lowest BCUT2D eigenvalue weighted by molar-refractivity contribution is -0.117. The van der Waals surface area contributed by atoms with Gasteiger partial charge in [-0.15, -0.1) is 0 Å². The van der Waals surface area contributed by atoms with E-state index in [4.69, 9.17) is 11.6 Å². The van der Waals surface area contributed by atoms with Crippen molar-refractivity contribution in [2.75, 3.05) is 5.01 Å². The van der Waals surface area contributed by atoms with Crippen LogP contribution >= 0.6 is 11.6 Å². The molecule has 2 rings (SSSR count). The van der Waals surface area contributed by atoms with E-state index in [0.29, 0.717) is 5.01 Å².